The summed E-state index contributed by atoms with van der Waals surface area (Å²) in [7, 11) is 0. The first-order valence-electron chi connectivity index (χ1n) is 8.82. The van der Waals surface area contributed by atoms with E-state index in [9.17, 15) is 9.90 Å². The Balaban J connectivity index is 1.44. The number of aromatic hydroxyl groups is 1. The Morgan fingerprint density at radius 3 is 2.85 bits per heavy atom. The highest BCUT2D eigenvalue weighted by molar-refractivity contribution is 5.93. The molecule has 0 unspecified atom stereocenters. The van der Waals surface area contributed by atoms with Gasteiger partial charge in [-0.15, -0.1) is 0 Å². The number of rotatable bonds is 5. The molecule has 7 nitrogen and oxygen atoms in total. The molecular formula is C20H20N4O3. The van der Waals surface area contributed by atoms with Gasteiger partial charge in [-0.25, -0.2) is 0 Å². The lowest BCUT2D eigenvalue weighted by atomic mass is 9.95. The van der Waals surface area contributed by atoms with Crippen LogP contribution in [0.3, 0.4) is 0 Å². The number of carbonyl (C=O) groups excluding carboxylic acids is 1. The maximum absolute atomic E-state index is 12.6. The van der Waals surface area contributed by atoms with Crippen molar-refractivity contribution >= 4 is 5.91 Å². The number of pyridine rings is 1. The zero-order valence-electron chi connectivity index (χ0n) is 14.6. The second-order valence-corrected chi connectivity index (χ2v) is 6.62. The van der Waals surface area contributed by atoms with Crippen molar-refractivity contribution in [2.75, 3.05) is 13.2 Å². The topological polar surface area (TPSA) is 100 Å². The molecule has 0 aliphatic carbocycles. The summed E-state index contributed by atoms with van der Waals surface area (Å²) in [5.41, 5.74) is 2.62. The molecule has 3 heterocycles. The molecule has 1 fully saturated rings. The van der Waals surface area contributed by atoms with Gasteiger partial charge < -0.3 is 15.2 Å². The van der Waals surface area contributed by atoms with Gasteiger partial charge in [-0.2, -0.15) is 5.10 Å². The number of ether oxygens (including phenoxy) is 1. The van der Waals surface area contributed by atoms with Gasteiger partial charge >= 0.3 is 0 Å². The molecule has 1 amide bonds. The number of aromatic amines is 1. The van der Waals surface area contributed by atoms with E-state index in [1.54, 1.807) is 36.7 Å². The number of para-hydroxylation sites is 1. The first-order valence-corrected chi connectivity index (χ1v) is 8.82. The number of hydrogen-bond acceptors (Lipinski definition) is 5. The van der Waals surface area contributed by atoms with E-state index in [4.69, 9.17) is 4.74 Å². The number of H-pyrrole nitrogens is 1. The highest BCUT2D eigenvalue weighted by atomic mass is 16.5. The van der Waals surface area contributed by atoms with Crippen LogP contribution in [0.25, 0.3) is 11.3 Å². The SMILES string of the molecule is O=C(N[C@@H]1COC[C@H]1Cc1ccncc1)c1cc(-c2ccccc2O)n[nH]1. The van der Waals surface area contributed by atoms with Gasteiger partial charge in [0, 0.05) is 23.9 Å². The molecule has 0 bridgehead atoms. The molecule has 1 aliphatic rings. The van der Waals surface area contributed by atoms with Crippen LogP contribution in [-0.2, 0) is 11.2 Å². The van der Waals surface area contributed by atoms with Gasteiger partial charge in [-0.05, 0) is 42.3 Å². The van der Waals surface area contributed by atoms with Crippen molar-refractivity contribution in [3.63, 3.8) is 0 Å². The van der Waals surface area contributed by atoms with E-state index in [2.05, 4.69) is 20.5 Å². The molecule has 0 saturated carbocycles. The molecule has 138 valence electrons. The molecule has 3 aromatic rings. The number of carbonyl (C=O) groups is 1. The average Bonchev–Trinajstić information content (AvgIpc) is 3.33. The van der Waals surface area contributed by atoms with Crippen molar-refractivity contribution in [1.82, 2.24) is 20.5 Å². The molecule has 1 aromatic carbocycles. The monoisotopic (exact) mass is 364 g/mol. The first-order chi connectivity index (χ1) is 13.2. The molecular weight excluding hydrogens is 344 g/mol. The third kappa shape index (κ3) is 3.83. The third-order valence-electron chi connectivity index (χ3n) is 4.76. The quantitative estimate of drug-likeness (QED) is 0.644. The lowest BCUT2D eigenvalue weighted by Gasteiger charge is -2.18. The zero-order valence-corrected chi connectivity index (χ0v) is 14.6. The Morgan fingerprint density at radius 2 is 2.04 bits per heavy atom. The van der Waals surface area contributed by atoms with E-state index in [1.807, 2.05) is 18.2 Å². The number of amides is 1. The van der Waals surface area contributed by atoms with Crippen molar-refractivity contribution in [1.29, 1.82) is 0 Å². The Hall–Kier alpha value is -3.19. The van der Waals surface area contributed by atoms with Gasteiger partial charge in [0.05, 0.1) is 24.9 Å². The first kappa shape index (κ1) is 17.2. The van der Waals surface area contributed by atoms with Crippen LogP contribution in [0.5, 0.6) is 5.75 Å². The predicted molar refractivity (Wildman–Crippen MR) is 99.2 cm³/mol. The lowest BCUT2D eigenvalue weighted by Crippen LogP contribution is -2.40. The summed E-state index contributed by atoms with van der Waals surface area (Å²) in [6.45, 7) is 1.10. The molecule has 7 heteroatoms. The highest BCUT2D eigenvalue weighted by Gasteiger charge is 2.30. The molecule has 0 spiro atoms. The standard InChI is InChI=1S/C20H20N4O3/c25-19-4-2-1-3-15(19)16-10-17(24-23-16)20(26)22-18-12-27-11-14(18)9-13-5-7-21-8-6-13/h1-8,10,14,18,25H,9,11-12H2,(H,22,26)(H,23,24)/t14-,18-/m1/s1. The van der Waals surface area contributed by atoms with Gasteiger partial charge in [0.15, 0.2) is 0 Å². The Labute approximate surface area is 156 Å². The van der Waals surface area contributed by atoms with Gasteiger partial charge in [-0.3, -0.25) is 14.9 Å². The van der Waals surface area contributed by atoms with Gasteiger partial charge in [0.1, 0.15) is 11.4 Å². The molecule has 4 rings (SSSR count). The van der Waals surface area contributed by atoms with Crippen molar-refractivity contribution in [2.24, 2.45) is 5.92 Å². The Bertz CT molecular complexity index is 926. The third-order valence-corrected chi connectivity index (χ3v) is 4.76. The normalized spacial score (nSPS) is 19.1. The summed E-state index contributed by atoms with van der Waals surface area (Å²) in [4.78, 5) is 16.6. The van der Waals surface area contributed by atoms with Crippen LogP contribution in [0, 0.1) is 5.92 Å². The highest BCUT2D eigenvalue weighted by Crippen LogP contribution is 2.27. The van der Waals surface area contributed by atoms with Crippen LogP contribution in [0.2, 0.25) is 0 Å². The number of nitrogens with zero attached hydrogens (tertiary/aromatic N) is 2. The van der Waals surface area contributed by atoms with Crippen molar-refractivity contribution < 1.29 is 14.6 Å². The number of phenols is 1. The maximum Gasteiger partial charge on any atom is 0.269 e. The van der Waals surface area contributed by atoms with Gasteiger partial charge in [0.2, 0.25) is 0 Å². The van der Waals surface area contributed by atoms with Crippen LogP contribution in [0.15, 0.2) is 54.9 Å². The van der Waals surface area contributed by atoms with E-state index in [-0.39, 0.29) is 23.6 Å². The summed E-state index contributed by atoms with van der Waals surface area (Å²) in [6.07, 6.45) is 4.35. The van der Waals surface area contributed by atoms with Crippen molar-refractivity contribution in [2.45, 2.75) is 12.5 Å². The average molecular weight is 364 g/mol. The molecule has 2 aromatic heterocycles. The van der Waals surface area contributed by atoms with E-state index in [0.717, 1.165) is 6.42 Å². The van der Waals surface area contributed by atoms with Crippen LogP contribution in [0.1, 0.15) is 16.1 Å². The largest absolute Gasteiger partial charge is 0.507 e. The molecule has 1 aliphatic heterocycles. The Morgan fingerprint density at radius 1 is 1.22 bits per heavy atom. The van der Waals surface area contributed by atoms with Gasteiger partial charge in [0.25, 0.3) is 5.91 Å². The van der Waals surface area contributed by atoms with E-state index in [0.29, 0.717) is 30.2 Å². The predicted octanol–water partition coefficient (Wildman–Crippen LogP) is 2.16. The fourth-order valence-electron chi connectivity index (χ4n) is 3.29. The number of benzene rings is 1. The van der Waals surface area contributed by atoms with E-state index < -0.39 is 0 Å². The summed E-state index contributed by atoms with van der Waals surface area (Å²) >= 11 is 0. The van der Waals surface area contributed by atoms with Crippen LogP contribution >= 0.6 is 0 Å². The van der Waals surface area contributed by atoms with Gasteiger partial charge in [-0.1, -0.05) is 12.1 Å². The molecule has 3 N–H and O–H groups in total. The minimum atomic E-state index is -0.237. The number of nitrogens with one attached hydrogen (secondary N) is 2. The number of aromatic nitrogens is 3. The van der Waals surface area contributed by atoms with Crippen LogP contribution in [0.4, 0.5) is 0 Å². The lowest BCUT2D eigenvalue weighted by molar-refractivity contribution is 0.0920. The smallest absolute Gasteiger partial charge is 0.269 e. The summed E-state index contributed by atoms with van der Waals surface area (Å²) in [6, 6.07) is 12.4. The molecule has 27 heavy (non-hydrogen) atoms. The fourth-order valence-corrected chi connectivity index (χ4v) is 3.29. The van der Waals surface area contributed by atoms with E-state index >= 15 is 0 Å². The summed E-state index contributed by atoms with van der Waals surface area (Å²) < 4.78 is 5.58. The van der Waals surface area contributed by atoms with Crippen molar-refractivity contribution in [3.8, 4) is 17.0 Å². The number of hydrogen-bond donors (Lipinski definition) is 3. The fraction of sp³-hybridized carbons (Fsp3) is 0.250. The minimum Gasteiger partial charge on any atom is -0.507 e. The molecule has 1 saturated heterocycles. The molecule has 2 atom stereocenters. The second-order valence-electron chi connectivity index (χ2n) is 6.62. The van der Waals surface area contributed by atoms with Crippen molar-refractivity contribution in [3.05, 3.63) is 66.1 Å². The maximum atomic E-state index is 12.6. The van der Waals surface area contributed by atoms with Crippen LogP contribution in [-0.4, -0.2) is 45.5 Å². The summed E-state index contributed by atoms with van der Waals surface area (Å²) in [5.74, 6) is 0.0916. The van der Waals surface area contributed by atoms with Crippen LogP contribution < -0.4 is 5.32 Å². The second kappa shape index (κ2) is 7.59. The Kier molecular flexibility index (Phi) is 4.84. The molecule has 0 radical (unpaired) electrons. The summed E-state index contributed by atoms with van der Waals surface area (Å²) in [5, 5.41) is 19.9. The van der Waals surface area contributed by atoms with E-state index in [1.165, 1.54) is 5.56 Å². The number of phenolic OH excluding ortho intramolecular Hbond substituents is 1. The minimum absolute atomic E-state index is 0.0671. The zero-order chi connectivity index (χ0) is 18.6.